The molecule has 1 amide bonds. The second-order valence-corrected chi connectivity index (χ2v) is 6.68. The van der Waals surface area contributed by atoms with Gasteiger partial charge in [-0.15, -0.1) is 11.3 Å². The summed E-state index contributed by atoms with van der Waals surface area (Å²) >= 11 is 1.58. The number of likely N-dealkylation sites (tertiary alicyclic amines) is 1. The van der Waals surface area contributed by atoms with Gasteiger partial charge in [-0.05, 0) is 50.8 Å². The van der Waals surface area contributed by atoms with E-state index in [1.807, 2.05) is 37.1 Å². The Morgan fingerprint density at radius 2 is 2.25 bits per heavy atom. The third kappa shape index (κ3) is 2.38. The van der Waals surface area contributed by atoms with Gasteiger partial charge in [-0.25, -0.2) is 0 Å². The topological polar surface area (TPSA) is 49.0 Å². The molecule has 0 spiro atoms. The Hall–Kier alpha value is -1.62. The van der Waals surface area contributed by atoms with Crippen LogP contribution in [0.25, 0.3) is 0 Å². The summed E-state index contributed by atoms with van der Waals surface area (Å²) in [5, 5.41) is 7.18. The lowest BCUT2D eigenvalue weighted by atomic mass is 9.97. The van der Waals surface area contributed by atoms with Crippen LogP contribution in [0.4, 0.5) is 0 Å². The van der Waals surface area contributed by atoms with Gasteiger partial charge < -0.3 is 4.90 Å². The molecule has 0 aromatic carbocycles. The van der Waals surface area contributed by atoms with E-state index in [1.165, 1.54) is 4.88 Å². The molecular weight excluding hydrogens is 270 g/mol. The van der Waals surface area contributed by atoms with Crippen molar-refractivity contribution in [2.75, 3.05) is 6.54 Å². The first kappa shape index (κ1) is 13.4. The zero-order valence-electron chi connectivity index (χ0n) is 11.8. The molecule has 1 N–H and O–H groups in total. The van der Waals surface area contributed by atoms with Gasteiger partial charge in [-0.2, -0.15) is 5.10 Å². The predicted octanol–water partition coefficient (Wildman–Crippen LogP) is 3.46. The van der Waals surface area contributed by atoms with E-state index in [0.29, 0.717) is 0 Å². The molecule has 0 bridgehead atoms. The van der Waals surface area contributed by atoms with E-state index >= 15 is 0 Å². The molecule has 1 fully saturated rings. The molecule has 0 saturated carbocycles. The van der Waals surface area contributed by atoms with Crippen molar-refractivity contribution in [1.82, 2.24) is 15.1 Å². The molecule has 1 saturated heterocycles. The van der Waals surface area contributed by atoms with Gasteiger partial charge in [-0.1, -0.05) is 0 Å². The smallest absolute Gasteiger partial charge is 0.264 e. The van der Waals surface area contributed by atoms with Crippen LogP contribution in [-0.2, 0) is 0 Å². The molecule has 1 aliphatic heterocycles. The Kier molecular flexibility index (Phi) is 3.61. The quantitative estimate of drug-likeness (QED) is 0.920. The number of hydrogen-bond donors (Lipinski definition) is 1. The lowest BCUT2D eigenvalue weighted by molar-refractivity contribution is 0.0610. The number of carbonyl (C=O) groups excluding carboxylic acids is 1. The van der Waals surface area contributed by atoms with Crippen molar-refractivity contribution < 1.29 is 4.79 Å². The number of aromatic amines is 1. The largest absolute Gasteiger partial charge is 0.329 e. The molecule has 4 nitrogen and oxygen atoms in total. The van der Waals surface area contributed by atoms with E-state index in [2.05, 4.69) is 10.2 Å². The van der Waals surface area contributed by atoms with E-state index in [1.54, 1.807) is 11.3 Å². The van der Waals surface area contributed by atoms with Crippen LogP contribution < -0.4 is 0 Å². The highest BCUT2D eigenvalue weighted by Gasteiger charge is 2.31. The van der Waals surface area contributed by atoms with Crippen LogP contribution in [0.2, 0.25) is 0 Å². The Bertz CT molecular complexity index is 616. The van der Waals surface area contributed by atoms with Crippen LogP contribution in [0, 0.1) is 13.8 Å². The highest BCUT2D eigenvalue weighted by Crippen LogP contribution is 2.33. The molecule has 20 heavy (non-hydrogen) atoms. The molecule has 106 valence electrons. The molecule has 3 heterocycles. The lowest BCUT2D eigenvalue weighted by Crippen LogP contribution is -2.38. The number of hydrogen-bond acceptors (Lipinski definition) is 3. The first-order chi connectivity index (χ1) is 9.66. The Labute approximate surface area is 122 Å². The second kappa shape index (κ2) is 5.40. The van der Waals surface area contributed by atoms with E-state index in [-0.39, 0.29) is 11.9 Å². The van der Waals surface area contributed by atoms with E-state index in [9.17, 15) is 4.79 Å². The van der Waals surface area contributed by atoms with Gasteiger partial charge in [0.25, 0.3) is 5.91 Å². The standard InChI is InChI=1S/C15H19N3OS/c1-10-9-16-17-14(10)12-5-3-4-8-18(12)15(19)13-7-6-11(2)20-13/h6-7,9,12H,3-5,8H2,1-2H3,(H,16,17)/t12-/m0/s1. The fraction of sp³-hybridized carbons (Fsp3) is 0.467. The van der Waals surface area contributed by atoms with E-state index < -0.39 is 0 Å². The molecule has 0 unspecified atom stereocenters. The van der Waals surface area contributed by atoms with E-state index in [4.69, 9.17) is 0 Å². The van der Waals surface area contributed by atoms with Crippen molar-refractivity contribution in [3.05, 3.63) is 39.3 Å². The van der Waals surface area contributed by atoms with Gasteiger partial charge in [0.2, 0.25) is 0 Å². The summed E-state index contributed by atoms with van der Waals surface area (Å²) in [6.45, 7) is 4.92. The first-order valence-corrected chi connectivity index (χ1v) is 7.85. The Morgan fingerprint density at radius 1 is 1.40 bits per heavy atom. The van der Waals surface area contributed by atoms with Gasteiger partial charge in [0.1, 0.15) is 0 Å². The minimum atomic E-state index is 0.140. The predicted molar refractivity (Wildman–Crippen MR) is 80.0 cm³/mol. The van der Waals surface area contributed by atoms with Gasteiger partial charge in [0, 0.05) is 11.4 Å². The summed E-state index contributed by atoms with van der Waals surface area (Å²) in [5.74, 6) is 0.154. The van der Waals surface area contributed by atoms with Crippen molar-refractivity contribution in [2.45, 2.75) is 39.2 Å². The normalized spacial score (nSPS) is 19.3. The zero-order chi connectivity index (χ0) is 14.1. The number of aryl methyl sites for hydroxylation is 2. The number of amides is 1. The lowest BCUT2D eigenvalue weighted by Gasteiger charge is -2.35. The monoisotopic (exact) mass is 289 g/mol. The molecule has 1 aliphatic rings. The molecule has 0 radical (unpaired) electrons. The summed E-state index contributed by atoms with van der Waals surface area (Å²) < 4.78 is 0. The average Bonchev–Trinajstić information content (AvgIpc) is 3.07. The molecule has 2 aromatic heterocycles. The summed E-state index contributed by atoms with van der Waals surface area (Å²) in [6, 6.07) is 4.09. The SMILES string of the molecule is Cc1ccc(C(=O)N2CCCC[C@H]2c2[nH]ncc2C)s1. The Balaban J connectivity index is 1.89. The van der Waals surface area contributed by atoms with Crippen molar-refractivity contribution in [2.24, 2.45) is 0 Å². The minimum Gasteiger partial charge on any atom is -0.329 e. The molecule has 0 aliphatic carbocycles. The summed E-state index contributed by atoms with van der Waals surface area (Å²) in [5.41, 5.74) is 2.23. The molecular formula is C15H19N3OS. The van der Waals surface area contributed by atoms with Crippen LogP contribution in [0.3, 0.4) is 0 Å². The number of nitrogens with one attached hydrogen (secondary N) is 1. The van der Waals surface area contributed by atoms with Crippen LogP contribution >= 0.6 is 11.3 Å². The van der Waals surface area contributed by atoms with Gasteiger partial charge >= 0.3 is 0 Å². The number of H-pyrrole nitrogens is 1. The zero-order valence-corrected chi connectivity index (χ0v) is 12.7. The summed E-state index contributed by atoms with van der Waals surface area (Å²) in [4.78, 5) is 16.8. The maximum Gasteiger partial charge on any atom is 0.264 e. The third-order valence-electron chi connectivity index (χ3n) is 3.92. The number of carbonyl (C=O) groups is 1. The first-order valence-electron chi connectivity index (χ1n) is 7.04. The van der Waals surface area contributed by atoms with E-state index in [0.717, 1.165) is 41.9 Å². The number of rotatable bonds is 2. The number of thiophene rings is 1. The second-order valence-electron chi connectivity index (χ2n) is 5.39. The van der Waals surface area contributed by atoms with Crippen molar-refractivity contribution in [3.63, 3.8) is 0 Å². The van der Waals surface area contributed by atoms with Crippen LogP contribution in [-0.4, -0.2) is 27.5 Å². The summed E-state index contributed by atoms with van der Waals surface area (Å²) in [6.07, 6.45) is 5.09. The number of aromatic nitrogens is 2. The van der Waals surface area contributed by atoms with Gasteiger partial charge in [0.05, 0.1) is 22.8 Å². The fourth-order valence-corrected chi connectivity index (χ4v) is 3.68. The highest BCUT2D eigenvalue weighted by molar-refractivity contribution is 7.13. The summed E-state index contributed by atoms with van der Waals surface area (Å²) in [7, 11) is 0. The molecule has 2 aromatic rings. The molecule has 1 atom stereocenters. The highest BCUT2D eigenvalue weighted by atomic mass is 32.1. The molecule has 5 heteroatoms. The van der Waals surface area contributed by atoms with Crippen molar-refractivity contribution in [1.29, 1.82) is 0 Å². The van der Waals surface area contributed by atoms with Crippen LogP contribution in [0.1, 0.15) is 51.1 Å². The van der Waals surface area contributed by atoms with Crippen molar-refractivity contribution >= 4 is 17.2 Å². The molecule has 3 rings (SSSR count). The van der Waals surface area contributed by atoms with Crippen LogP contribution in [0.5, 0.6) is 0 Å². The minimum absolute atomic E-state index is 0.140. The average molecular weight is 289 g/mol. The third-order valence-corrected chi connectivity index (χ3v) is 4.90. The fourth-order valence-electron chi connectivity index (χ4n) is 2.86. The van der Waals surface area contributed by atoms with Gasteiger partial charge in [0.15, 0.2) is 0 Å². The van der Waals surface area contributed by atoms with Crippen molar-refractivity contribution in [3.8, 4) is 0 Å². The maximum absolute atomic E-state index is 12.7. The number of piperidine rings is 1. The van der Waals surface area contributed by atoms with Crippen LogP contribution in [0.15, 0.2) is 18.3 Å². The van der Waals surface area contributed by atoms with Gasteiger partial charge in [-0.3, -0.25) is 9.89 Å². The maximum atomic E-state index is 12.7. The Morgan fingerprint density at radius 3 is 2.90 bits per heavy atom. The number of nitrogens with zero attached hydrogens (tertiary/aromatic N) is 2.